The van der Waals surface area contributed by atoms with Crippen LogP contribution in [0.3, 0.4) is 0 Å². The van der Waals surface area contributed by atoms with Crippen LogP contribution < -0.4 is 11.1 Å². The van der Waals surface area contributed by atoms with Crippen molar-refractivity contribution >= 4 is 11.9 Å². The summed E-state index contributed by atoms with van der Waals surface area (Å²) in [6.07, 6.45) is 2.29. The number of carboxylic acid groups (broad SMARTS) is 1. The Morgan fingerprint density at radius 2 is 1.83 bits per heavy atom. The molecule has 5 heteroatoms. The summed E-state index contributed by atoms with van der Waals surface area (Å²) in [4.78, 5) is 22.0. The van der Waals surface area contributed by atoms with E-state index in [9.17, 15) is 9.59 Å². The Bertz CT molecular complexity index is 267. The number of amides is 1. The van der Waals surface area contributed by atoms with Crippen molar-refractivity contribution in [3.63, 3.8) is 0 Å². The zero-order valence-electron chi connectivity index (χ0n) is 11.6. The highest BCUT2D eigenvalue weighted by Gasteiger charge is 2.14. The zero-order chi connectivity index (χ0) is 14.1. The number of nitrogens with one attached hydrogen (secondary N) is 1. The molecular weight excluding hydrogens is 232 g/mol. The molecule has 1 unspecified atom stereocenters. The Kier molecular flexibility index (Phi) is 8.37. The number of nitrogens with two attached hydrogens (primary N) is 1. The Labute approximate surface area is 109 Å². The maximum Gasteiger partial charge on any atom is 0.303 e. The first-order valence-corrected chi connectivity index (χ1v) is 6.58. The number of hydrogen-bond acceptors (Lipinski definition) is 3. The molecule has 0 radical (unpaired) electrons. The Morgan fingerprint density at radius 1 is 1.22 bits per heavy atom. The Hall–Kier alpha value is -1.10. The van der Waals surface area contributed by atoms with Crippen LogP contribution in [0.4, 0.5) is 0 Å². The first kappa shape index (κ1) is 16.9. The van der Waals surface area contributed by atoms with Crippen molar-refractivity contribution in [1.82, 2.24) is 5.32 Å². The van der Waals surface area contributed by atoms with E-state index in [1.165, 1.54) is 0 Å². The fraction of sp³-hybridized carbons (Fsp3) is 0.846. The smallest absolute Gasteiger partial charge is 0.303 e. The lowest BCUT2D eigenvalue weighted by atomic mass is 10.0. The van der Waals surface area contributed by atoms with Crippen LogP contribution in [0.25, 0.3) is 0 Å². The lowest BCUT2D eigenvalue weighted by Crippen LogP contribution is -2.41. The van der Waals surface area contributed by atoms with Crippen LogP contribution in [0.2, 0.25) is 0 Å². The van der Waals surface area contributed by atoms with Crippen molar-refractivity contribution in [3.8, 4) is 0 Å². The summed E-state index contributed by atoms with van der Waals surface area (Å²) in [5.74, 6) is -0.193. The van der Waals surface area contributed by atoms with Crippen LogP contribution in [0, 0.1) is 11.8 Å². The average Bonchev–Trinajstić information content (AvgIpc) is 2.25. The van der Waals surface area contributed by atoms with Crippen molar-refractivity contribution in [3.05, 3.63) is 0 Å². The van der Waals surface area contributed by atoms with Crippen molar-refractivity contribution in [1.29, 1.82) is 0 Å². The molecular formula is C13H26N2O3. The van der Waals surface area contributed by atoms with Gasteiger partial charge >= 0.3 is 5.97 Å². The van der Waals surface area contributed by atoms with E-state index in [0.29, 0.717) is 31.2 Å². The molecule has 18 heavy (non-hydrogen) atoms. The van der Waals surface area contributed by atoms with Crippen LogP contribution in [-0.4, -0.2) is 29.6 Å². The monoisotopic (exact) mass is 258 g/mol. The molecule has 0 spiro atoms. The minimum absolute atomic E-state index is 0.117. The summed E-state index contributed by atoms with van der Waals surface area (Å²) >= 11 is 0. The van der Waals surface area contributed by atoms with E-state index in [-0.39, 0.29) is 12.3 Å². The van der Waals surface area contributed by atoms with Gasteiger partial charge in [-0.1, -0.05) is 20.8 Å². The van der Waals surface area contributed by atoms with E-state index in [2.05, 4.69) is 5.32 Å². The van der Waals surface area contributed by atoms with Crippen LogP contribution in [-0.2, 0) is 9.59 Å². The van der Waals surface area contributed by atoms with E-state index in [4.69, 9.17) is 10.8 Å². The highest BCUT2D eigenvalue weighted by Crippen LogP contribution is 2.09. The van der Waals surface area contributed by atoms with Gasteiger partial charge in [0.15, 0.2) is 0 Å². The molecule has 0 bridgehead atoms. The van der Waals surface area contributed by atoms with Crippen LogP contribution in [0.5, 0.6) is 0 Å². The van der Waals surface area contributed by atoms with E-state index >= 15 is 0 Å². The molecule has 106 valence electrons. The topological polar surface area (TPSA) is 92.4 Å². The summed E-state index contributed by atoms with van der Waals surface area (Å²) in [6.45, 7) is 6.61. The van der Waals surface area contributed by atoms with Crippen molar-refractivity contribution in [2.24, 2.45) is 17.6 Å². The highest BCUT2D eigenvalue weighted by molar-refractivity contribution is 5.81. The number of rotatable bonds is 9. The molecule has 0 saturated heterocycles. The second-order valence-electron chi connectivity index (χ2n) is 5.35. The molecule has 0 saturated carbocycles. The number of carboxylic acids is 1. The summed E-state index contributed by atoms with van der Waals surface area (Å²) in [5, 5.41) is 11.3. The van der Waals surface area contributed by atoms with Crippen molar-refractivity contribution in [2.45, 2.75) is 52.5 Å². The maximum absolute atomic E-state index is 11.6. The summed E-state index contributed by atoms with van der Waals surface area (Å²) in [6, 6.07) is -0.445. The van der Waals surface area contributed by atoms with E-state index in [1.807, 2.05) is 20.8 Å². The number of carbonyl (C=O) groups is 2. The molecule has 0 aromatic carbocycles. The first-order chi connectivity index (χ1) is 8.32. The SMILES string of the molecule is CC(C)C[C@@H](N)C(=O)NCCC(C)CCC(=O)O. The zero-order valence-corrected chi connectivity index (χ0v) is 11.6. The second kappa shape index (κ2) is 8.91. The number of aliphatic carboxylic acids is 1. The van der Waals surface area contributed by atoms with Crippen molar-refractivity contribution in [2.75, 3.05) is 6.54 Å². The fourth-order valence-corrected chi connectivity index (χ4v) is 1.70. The average molecular weight is 258 g/mol. The molecule has 0 aromatic rings. The van der Waals surface area contributed by atoms with Crippen LogP contribution in [0.15, 0.2) is 0 Å². The highest BCUT2D eigenvalue weighted by atomic mass is 16.4. The quantitative estimate of drug-likeness (QED) is 0.582. The third-order valence-corrected chi connectivity index (χ3v) is 2.85. The van der Waals surface area contributed by atoms with Gasteiger partial charge < -0.3 is 16.2 Å². The first-order valence-electron chi connectivity index (χ1n) is 6.58. The van der Waals surface area contributed by atoms with Crippen LogP contribution in [0.1, 0.15) is 46.5 Å². The van der Waals surface area contributed by atoms with Gasteiger partial charge in [0.05, 0.1) is 6.04 Å². The summed E-state index contributed by atoms with van der Waals surface area (Å²) < 4.78 is 0. The maximum atomic E-state index is 11.6. The largest absolute Gasteiger partial charge is 0.481 e. The normalized spacial score (nSPS) is 14.3. The molecule has 0 aliphatic heterocycles. The molecule has 0 aromatic heterocycles. The van der Waals surface area contributed by atoms with E-state index < -0.39 is 12.0 Å². The molecule has 0 fully saturated rings. The van der Waals surface area contributed by atoms with E-state index in [0.717, 1.165) is 6.42 Å². The Morgan fingerprint density at radius 3 is 2.33 bits per heavy atom. The van der Waals surface area contributed by atoms with Gasteiger partial charge in [-0.05, 0) is 31.1 Å². The van der Waals surface area contributed by atoms with Gasteiger partial charge in [-0.25, -0.2) is 0 Å². The van der Waals surface area contributed by atoms with Crippen molar-refractivity contribution < 1.29 is 14.7 Å². The molecule has 0 heterocycles. The third kappa shape index (κ3) is 8.98. The summed E-state index contributed by atoms with van der Waals surface area (Å²) in [5.41, 5.74) is 5.74. The fourth-order valence-electron chi connectivity index (χ4n) is 1.70. The van der Waals surface area contributed by atoms with Gasteiger partial charge in [-0.3, -0.25) is 9.59 Å². The second-order valence-corrected chi connectivity index (χ2v) is 5.35. The van der Waals surface area contributed by atoms with Gasteiger partial charge in [0.1, 0.15) is 0 Å². The minimum Gasteiger partial charge on any atom is -0.481 e. The molecule has 0 rings (SSSR count). The standard InChI is InChI=1S/C13H26N2O3/c1-9(2)8-11(14)13(18)15-7-6-10(3)4-5-12(16)17/h9-11H,4-8,14H2,1-3H3,(H,15,18)(H,16,17)/t10?,11-/m1/s1. The molecule has 5 nitrogen and oxygen atoms in total. The minimum atomic E-state index is -0.773. The third-order valence-electron chi connectivity index (χ3n) is 2.85. The van der Waals surface area contributed by atoms with Gasteiger partial charge in [-0.15, -0.1) is 0 Å². The van der Waals surface area contributed by atoms with Gasteiger partial charge in [-0.2, -0.15) is 0 Å². The molecule has 0 aliphatic rings. The van der Waals surface area contributed by atoms with Gasteiger partial charge in [0.2, 0.25) is 5.91 Å². The molecule has 0 aliphatic carbocycles. The molecule has 4 N–H and O–H groups in total. The lowest BCUT2D eigenvalue weighted by molar-refractivity contribution is -0.137. The van der Waals surface area contributed by atoms with Crippen LogP contribution >= 0.6 is 0 Å². The molecule has 1 amide bonds. The summed E-state index contributed by atoms with van der Waals surface area (Å²) in [7, 11) is 0. The predicted octanol–water partition coefficient (Wildman–Crippen LogP) is 1.37. The van der Waals surface area contributed by atoms with Gasteiger partial charge in [0.25, 0.3) is 0 Å². The molecule has 2 atom stereocenters. The van der Waals surface area contributed by atoms with E-state index in [1.54, 1.807) is 0 Å². The number of hydrogen-bond donors (Lipinski definition) is 3. The van der Waals surface area contributed by atoms with Gasteiger partial charge in [0, 0.05) is 13.0 Å². The predicted molar refractivity (Wildman–Crippen MR) is 71.1 cm³/mol. The number of carbonyl (C=O) groups excluding carboxylic acids is 1. The lowest BCUT2D eigenvalue weighted by Gasteiger charge is -2.15. The Balaban J connectivity index is 3.70.